The zero-order valence-corrected chi connectivity index (χ0v) is 19.6. The molecule has 0 aromatic heterocycles. The molecule has 2 rings (SSSR count). The number of hydrogen-bond acceptors (Lipinski definition) is 3. The van der Waals surface area contributed by atoms with E-state index < -0.39 is 0 Å². The summed E-state index contributed by atoms with van der Waals surface area (Å²) in [5.41, 5.74) is 0.532. The van der Waals surface area contributed by atoms with Gasteiger partial charge in [-0.1, -0.05) is 17.7 Å². The summed E-state index contributed by atoms with van der Waals surface area (Å²) in [4.78, 5) is 4.54. The number of rotatable bonds is 10. The molecule has 1 saturated heterocycles. The maximum absolute atomic E-state index is 13.8. The van der Waals surface area contributed by atoms with Crippen molar-refractivity contribution in [3.05, 3.63) is 34.6 Å². The fourth-order valence-electron chi connectivity index (χ4n) is 2.94. The van der Waals surface area contributed by atoms with Crippen molar-refractivity contribution in [3.8, 4) is 0 Å². The van der Waals surface area contributed by atoms with Crippen LogP contribution < -0.4 is 10.6 Å². The van der Waals surface area contributed by atoms with E-state index in [2.05, 4.69) is 15.6 Å². The molecule has 2 N–H and O–H groups in total. The maximum atomic E-state index is 13.8. The minimum absolute atomic E-state index is 0. The Balaban J connectivity index is 0.00000392. The molecule has 0 spiro atoms. The van der Waals surface area contributed by atoms with Crippen LogP contribution in [-0.4, -0.2) is 52.0 Å². The number of nitrogens with zero attached hydrogens (tertiary/aromatic N) is 1. The molecule has 0 aliphatic carbocycles. The molecule has 1 heterocycles. The average Bonchev–Trinajstić information content (AvgIpc) is 2.67. The van der Waals surface area contributed by atoms with Gasteiger partial charge in [-0.05, 0) is 50.7 Å². The predicted molar refractivity (Wildman–Crippen MR) is 123 cm³/mol. The maximum Gasteiger partial charge on any atom is 0.191 e. The van der Waals surface area contributed by atoms with Crippen LogP contribution in [0.2, 0.25) is 5.02 Å². The fraction of sp³-hybridized carbons (Fsp3) is 0.650. The Morgan fingerprint density at radius 3 is 2.82 bits per heavy atom. The van der Waals surface area contributed by atoms with E-state index in [1.165, 1.54) is 6.07 Å². The third kappa shape index (κ3) is 9.71. The van der Waals surface area contributed by atoms with Gasteiger partial charge in [-0.25, -0.2) is 4.39 Å². The van der Waals surface area contributed by atoms with Gasteiger partial charge in [0, 0.05) is 56.6 Å². The summed E-state index contributed by atoms with van der Waals surface area (Å²) in [6.45, 7) is 7.27. The van der Waals surface area contributed by atoms with Crippen molar-refractivity contribution in [2.24, 2.45) is 10.9 Å². The quantitative estimate of drug-likeness (QED) is 0.209. The lowest BCUT2D eigenvalue weighted by atomic mass is 10.0. The first kappa shape index (κ1) is 25.4. The first-order valence-corrected chi connectivity index (χ1v) is 10.2. The highest BCUT2D eigenvalue weighted by Crippen LogP contribution is 2.19. The van der Waals surface area contributed by atoms with Crippen LogP contribution >= 0.6 is 35.6 Å². The number of nitrogens with one attached hydrogen (secondary N) is 2. The summed E-state index contributed by atoms with van der Waals surface area (Å²) < 4.78 is 24.9. The van der Waals surface area contributed by atoms with E-state index in [9.17, 15) is 4.39 Å². The Hall–Kier alpha value is -0.640. The van der Waals surface area contributed by atoms with E-state index in [0.717, 1.165) is 51.6 Å². The number of aliphatic imine (C=N–C) groups is 1. The first-order chi connectivity index (χ1) is 13.2. The Morgan fingerprint density at radius 1 is 1.32 bits per heavy atom. The van der Waals surface area contributed by atoms with Gasteiger partial charge in [0.1, 0.15) is 5.82 Å². The summed E-state index contributed by atoms with van der Waals surface area (Å²) in [5.74, 6) is 1.09. The van der Waals surface area contributed by atoms with Crippen LogP contribution in [0.15, 0.2) is 23.2 Å². The third-order valence-corrected chi connectivity index (χ3v) is 4.84. The Labute approximate surface area is 189 Å². The smallest absolute Gasteiger partial charge is 0.191 e. The molecule has 160 valence electrons. The molecule has 1 aromatic carbocycles. The molecule has 1 aliphatic heterocycles. The van der Waals surface area contributed by atoms with Crippen molar-refractivity contribution in [2.45, 2.75) is 32.6 Å². The van der Waals surface area contributed by atoms with E-state index in [1.807, 2.05) is 6.92 Å². The molecule has 1 fully saturated rings. The molecular weight excluding hydrogens is 496 g/mol. The number of ether oxygens (including phenoxy) is 2. The van der Waals surface area contributed by atoms with Crippen molar-refractivity contribution < 1.29 is 13.9 Å². The van der Waals surface area contributed by atoms with Crippen LogP contribution in [0, 0.1) is 11.7 Å². The Bertz CT molecular complexity index is 566. The number of hydrogen-bond donors (Lipinski definition) is 2. The molecular formula is C20H32ClFIN3O2. The fourth-order valence-corrected chi connectivity index (χ4v) is 3.20. The summed E-state index contributed by atoms with van der Waals surface area (Å²) in [7, 11) is 0. The normalized spacial score (nSPS) is 15.2. The molecule has 0 saturated carbocycles. The molecule has 0 radical (unpaired) electrons. The van der Waals surface area contributed by atoms with Crippen molar-refractivity contribution in [1.82, 2.24) is 10.6 Å². The van der Waals surface area contributed by atoms with Gasteiger partial charge in [0.25, 0.3) is 0 Å². The Kier molecular flexibility index (Phi) is 13.8. The number of guanidine groups is 1. The van der Waals surface area contributed by atoms with Crippen LogP contribution in [0.1, 0.15) is 31.7 Å². The zero-order valence-electron chi connectivity index (χ0n) is 16.5. The highest BCUT2D eigenvalue weighted by atomic mass is 127. The van der Waals surface area contributed by atoms with Gasteiger partial charge in [-0.15, -0.1) is 24.0 Å². The number of benzene rings is 1. The van der Waals surface area contributed by atoms with Gasteiger partial charge in [0.2, 0.25) is 0 Å². The second-order valence-corrected chi connectivity index (χ2v) is 7.03. The van der Waals surface area contributed by atoms with E-state index in [-0.39, 0.29) is 29.8 Å². The lowest BCUT2D eigenvalue weighted by Gasteiger charge is -2.21. The van der Waals surface area contributed by atoms with Crippen LogP contribution in [-0.2, 0) is 15.9 Å². The van der Waals surface area contributed by atoms with Crippen LogP contribution in [0.5, 0.6) is 0 Å². The molecule has 0 amide bonds. The van der Waals surface area contributed by atoms with E-state index in [1.54, 1.807) is 12.1 Å². The van der Waals surface area contributed by atoms with Crippen molar-refractivity contribution in [1.29, 1.82) is 0 Å². The molecule has 0 unspecified atom stereocenters. The molecule has 1 aliphatic rings. The van der Waals surface area contributed by atoms with E-state index >= 15 is 0 Å². The lowest BCUT2D eigenvalue weighted by molar-refractivity contribution is 0.0205. The minimum atomic E-state index is -0.270. The van der Waals surface area contributed by atoms with Gasteiger partial charge in [0.15, 0.2) is 5.96 Å². The second kappa shape index (κ2) is 15.2. The standard InChI is InChI=1S/C20H31ClFN3O2.HI/c1-2-23-20(25-11-7-17-18(21)5-3-6-19(17)22)24-10-4-12-27-15-16-8-13-26-14-9-16;/h3,5-6,16H,2,4,7-15H2,1H3,(H2,23,24,25);1H. The van der Waals surface area contributed by atoms with Crippen molar-refractivity contribution in [2.75, 3.05) is 46.1 Å². The highest BCUT2D eigenvalue weighted by Gasteiger charge is 2.13. The minimum Gasteiger partial charge on any atom is -0.381 e. The summed E-state index contributed by atoms with van der Waals surface area (Å²) >= 11 is 6.06. The van der Waals surface area contributed by atoms with Gasteiger partial charge in [-0.3, -0.25) is 4.99 Å². The SMILES string of the molecule is CCNC(=NCCCOCC1CCOCC1)NCCc1c(F)cccc1Cl.I. The average molecular weight is 528 g/mol. The summed E-state index contributed by atoms with van der Waals surface area (Å²) in [5, 5.41) is 6.88. The largest absolute Gasteiger partial charge is 0.381 e. The topological polar surface area (TPSA) is 54.9 Å². The third-order valence-electron chi connectivity index (χ3n) is 4.48. The van der Waals surface area contributed by atoms with Crippen molar-refractivity contribution >= 4 is 41.5 Å². The van der Waals surface area contributed by atoms with Gasteiger partial charge in [-0.2, -0.15) is 0 Å². The summed E-state index contributed by atoms with van der Waals surface area (Å²) in [6, 6.07) is 4.75. The number of halogens is 3. The molecule has 5 nitrogen and oxygen atoms in total. The van der Waals surface area contributed by atoms with E-state index in [0.29, 0.717) is 42.6 Å². The monoisotopic (exact) mass is 527 g/mol. The van der Waals surface area contributed by atoms with Crippen molar-refractivity contribution in [3.63, 3.8) is 0 Å². The van der Waals surface area contributed by atoms with Crippen LogP contribution in [0.3, 0.4) is 0 Å². The molecule has 1 aromatic rings. The molecule has 8 heteroatoms. The van der Waals surface area contributed by atoms with Gasteiger partial charge < -0.3 is 20.1 Å². The molecule has 28 heavy (non-hydrogen) atoms. The van der Waals surface area contributed by atoms with Gasteiger partial charge in [0.05, 0.1) is 0 Å². The van der Waals surface area contributed by atoms with Gasteiger partial charge >= 0.3 is 0 Å². The zero-order chi connectivity index (χ0) is 19.3. The van der Waals surface area contributed by atoms with Crippen LogP contribution in [0.25, 0.3) is 0 Å². The molecule has 0 atom stereocenters. The lowest BCUT2D eigenvalue weighted by Crippen LogP contribution is -2.38. The second-order valence-electron chi connectivity index (χ2n) is 6.62. The molecule has 0 bridgehead atoms. The first-order valence-electron chi connectivity index (χ1n) is 9.81. The van der Waals surface area contributed by atoms with E-state index in [4.69, 9.17) is 21.1 Å². The predicted octanol–water partition coefficient (Wildman–Crippen LogP) is 4.03. The summed E-state index contributed by atoms with van der Waals surface area (Å²) in [6.07, 6.45) is 3.57. The Morgan fingerprint density at radius 2 is 2.11 bits per heavy atom. The highest BCUT2D eigenvalue weighted by molar-refractivity contribution is 14.0. The van der Waals surface area contributed by atoms with Crippen LogP contribution in [0.4, 0.5) is 4.39 Å².